The zero-order valence-electron chi connectivity index (χ0n) is 11.3. The number of carbonyl (C=O) groups excluding carboxylic acids is 1. The molecular formula is C13H17N3O2S. The molecule has 2 heterocycles. The molecule has 19 heavy (non-hydrogen) atoms. The van der Waals surface area contributed by atoms with Gasteiger partial charge in [-0.25, -0.2) is 4.79 Å². The third kappa shape index (κ3) is 3.01. The predicted octanol–water partition coefficient (Wildman–Crippen LogP) is 2.63. The summed E-state index contributed by atoms with van der Waals surface area (Å²) in [5.74, 6) is 0.591. The Bertz CT molecular complexity index is 548. The van der Waals surface area contributed by atoms with Gasteiger partial charge in [0.25, 0.3) is 0 Å². The zero-order valence-corrected chi connectivity index (χ0v) is 12.1. The molecule has 2 aromatic rings. The Labute approximate surface area is 116 Å². The highest BCUT2D eigenvalue weighted by Gasteiger charge is 2.21. The fourth-order valence-corrected chi connectivity index (χ4v) is 2.75. The van der Waals surface area contributed by atoms with Gasteiger partial charge >= 0.3 is 5.97 Å². The van der Waals surface area contributed by atoms with Crippen molar-refractivity contribution in [2.75, 3.05) is 6.61 Å². The minimum absolute atomic E-state index is 0.115. The fraction of sp³-hybridized carbons (Fsp3) is 0.462. The number of hydrogen-bond donors (Lipinski definition) is 0. The summed E-state index contributed by atoms with van der Waals surface area (Å²) in [6.07, 6.45) is 0.842. The maximum absolute atomic E-state index is 11.8. The lowest BCUT2D eigenvalue weighted by Gasteiger charge is -2.15. The van der Waals surface area contributed by atoms with Gasteiger partial charge in [0.05, 0.1) is 6.61 Å². The lowest BCUT2D eigenvalue weighted by Crippen LogP contribution is -2.18. The monoisotopic (exact) mass is 279 g/mol. The van der Waals surface area contributed by atoms with Gasteiger partial charge in [0.2, 0.25) is 5.82 Å². The molecule has 2 aromatic heterocycles. The normalized spacial score (nSPS) is 12.4. The van der Waals surface area contributed by atoms with Gasteiger partial charge in [-0.15, -0.1) is 10.2 Å². The molecule has 1 unspecified atom stereocenters. The molecule has 0 spiro atoms. The first-order chi connectivity index (χ1) is 9.13. The summed E-state index contributed by atoms with van der Waals surface area (Å²) in [6.45, 7) is 6.01. The van der Waals surface area contributed by atoms with E-state index in [0.717, 1.165) is 12.2 Å². The molecule has 0 saturated heterocycles. The maximum atomic E-state index is 11.8. The number of esters is 1. The summed E-state index contributed by atoms with van der Waals surface area (Å²) in [5.41, 5.74) is 1.25. The van der Waals surface area contributed by atoms with Gasteiger partial charge in [0, 0.05) is 6.04 Å². The average molecular weight is 279 g/mol. The third-order valence-electron chi connectivity index (χ3n) is 2.88. The number of hydrogen-bond acceptors (Lipinski definition) is 5. The molecule has 5 nitrogen and oxygen atoms in total. The van der Waals surface area contributed by atoms with Crippen LogP contribution in [0.5, 0.6) is 0 Å². The van der Waals surface area contributed by atoms with Crippen molar-refractivity contribution in [1.82, 2.24) is 14.8 Å². The van der Waals surface area contributed by atoms with Crippen molar-refractivity contribution in [3.63, 3.8) is 0 Å². The lowest BCUT2D eigenvalue weighted by atomic mass is 10.1. The Morgan fingerprint density at radius 3 is 2.95 bits per heavy atom. The highest BCUT2D eigenvalue weighted by Crippen LogP contribution is 2.19. The maximum Gasteiger partial charge on any atom is 0.376 e. The van der Waals surface area contributed by atoms with Crippen LogP contribution in [0.2, 0.25) is 0 Å². The Hall–Kier alpha value is -1.69. The van der Waals surface area contributed by atoms with Gasteiger partial charge in [0.15, 0.2) is 0 Å². The Morgan fingerprint density at radius 2 is 2.32 bits per heavy atom. The van der Waals surface area contributed by atoms with Gasteiger partial charge in [-0.05, 0) is 49.6 Å². The smallest absolute Gasteiger partial charge is 0.376 e. The van der Waals surface area contributed by atoms with Crippen LogP contribution < -0.4 is 0 Å². The molecule has 0 bridgehead atoms. The van der Waals surface area contributed by atoms with Crippen LogP contribution in [0.15, 0.2) is 16.8 Å². The van der Waals surface area contributed by atoms with Crippen molar-refractivity contribution in [2.45, 2.75) is 33.2 Å². The van der Waals surface area contributed by atoms with E-state index in [4.69, 9.17) is 4.74 Å². The van der Waals surface area contributed by atoms with Crippen LogP contribution in [0.4, 0.5) is 0 Å². The minimum atomic E-state index is -0.416. The van der Waals surface area contributed by atoms with Crippen molar-refractivity contribution < 1.29 is 9.53 Å². The number of aromatic nitrogens is 3. The highest BCUT2D eigenvalue weighted by atomic mass is 32.1. The van der Waals surface area contributed by atoms with Crippen molar-refractivity contribution in [2.24, 2.45) is 0 Å². The van der Waals surface area contributed by atoms with E-state index in [-0.39, 0.29) is 11.9 Å². The topological polar surface area (TPSA) is 57.0 Å². The molecule has 0 aliphatic carbocycles. The van der Waals surface area contributed by atoms with Crippen molar-refractivity contribution >= 4 is 17.3 Å². The molecule has 0 amide bonds. The summed E-state index contributed by atoms with van der Waals surface area (Å²) in [4.78, 5) is 11.8. The van der Waals surface area contributed by atoms with E-state index in [1.807, 2.05) is 16.9 Å². The van der Waals surface area contributed by atoms with Crippen molar-refractivity contribution in [1.29, 1.82) is 0 Å². The zero-order chi connectivity index (χ0) is 13.8. The van der Waals surface area contributed by atoms with Crippen LogP contribution in [0.3, 0.4) is 0 Å². The molecule has 0 aliphatic heterocycles. The van der Waals surface area contributed by atoms with Gasteiger partial charge in [-0.1, -0.05) is 0 Å². The molecule has 1 atom stereocenters. The molecule has 0 aromatic carbocycles. The second-order valence-corrected chi connectivity index (χ2v) is 5.13. The number of nitrogens with zero attached hydrogens (tertiary/aromatic N) is 3. The second kappa shape index (κ2) is 5.97. The molecule has 2 rings (SSSR count). The molecule has 0 aliphatic rings. The highest BCUT2D eigenvalue weighted by molar-refractivity contribution is 7.07. The minimum Gasteiger partial charge on any atom is -0.460 e. The van der Waals surface area contributed by atoms with E-state index < -0.39 is 5.97 Å². The van der Waals surface area contributed by atoms with E-state index in [9.17, 15) is 4.79 Å². The molecular weight excluding hydrogens is 262 g/mol. The number of ether oxygens (including phenoxy) is 1. The molecule has 0 radical (unpaired) electrons. The average Bonchev–Trinajstić information content (AvgIpc) is 2.98. The van der Waals surface area contributed by atoms with Gasteiger partial charge in [-0.2, -0.15) is 11.3 Å². The van der Waals surface area contributed by atoms with Gasteiger partial charge < -0.3 is 9.30 Å². The van der Waals surface area contributed by atoms with Crippen LogP contribution in [-0.4, -0.2) is 27.3 Å². The van der Waals surface area contributed by atoms with Crippen LogP contribution >= 0.6 is 11.3 Å². The summed E-state index contributed by atoms with van der Waals surface area (Å²) < 4.78 is 6.85. The quantitative estimate of drug-likeness (QED) is 0.789. The molecule has 0 fully saturated rings. The van der Waals surface area contributed by atoms with Crippen molar-refractivity contribution in [3.8, 4) is 0 Å². The Balaban J connectivity index is 2.23. The standard InChI is InChI=1S/C13H17N3O2S/c1-4-18-13(17)12-15-14-10(3)16(12)9(2)7-11-5-6-19-8-11/h5-6,8-9H,4,7H2,1-3H3. The number of aryl methyl sites for hydroxylation is 1. The largest absolute Gasteiger partial charge is 0.460 e. The van der Waals surface area contributed by atoms with E-state index in [2.05, 4.69) is 28.6 Å². The van der Waals surface area contributed by atoms with Gasteiger partial charge in [-0.3, -0.25) is 0 Å². The first-order valence-corrected chi connectivity index (χ1v) is 7.17. The summed E-state index contributed by atoms with van der Waals surface area (Å²) in [6, 6.07) is 2.20. The number of rotatable bonds is 5. The van der Waals surface area contributed by atoms with E-state index in [0.29, 0.717) is 6.61 Å². The number of carbonyl (C=O) groups is 1. The third-order valence-corrected chi connectivity index (χ3v) is 3.61. The Kier molecular flexibility index (Phi) is 4.31. The fourth-order valence-electron chi connectivity index (χ4n) is 2.07. The molecule has 6 heteroatoms. The second-order valence-electron chi connectivity index (χ2n) is 4.35. The molecule has 0 N–H and O–H groups in total. The first kappa shape index (κ1) is 13.7. The van der Waals surface area contributed by atoms with Crippen LogP contribution in [0.25, 0.3) is 0 Å². The molecule has 102 valence electrons. The summed E-state index contributed by atoms with van der Waals surface area (Å²) in [7, 11) is 0. The number of thiophene rings is 1. The van der Waals surface area contributed by atoms with E-state index >= 15 is 0 Å². The molecule has 0 saturated carbocycles. The SMILES string of the molecule is CCOC(=O)c1nnc(C)n1C(C)Cc1ccsc1. The lowest BCUT2D eigenvalue weighted by molar-refractivity contribution is 0.0503. The summed E-state index contributed by atoms with van der Waals surface area (Å²) >= 11 is 1.67. The van der Waals surface area contributed by atoms with Crippen LogP contribution in [0, 0.1) is 6.92 Å². The predicted molar refractivity (Wildman–Crippen MR) is 73.4 cm³/mol. The first-order valence-electron chi connectivity index (χ1n) is 6.23. The van der Waals surface area contributed by atoms with E-state index in [1.165, 1.54) is 5.56 Å². The van der Waals surface area contributed by atoms with Crippen LogP contribution in [0.1, 0.15) is 41.9 Å². The van der Waals surface area contributed by atoms with E-state index in [1.54, 1.807) is 18.3 Å². The van der Waals surface area contributed by atoms with Crippen molar-refractivity contribution in [3.05, 3.63) is 34.0 Å². The van der Waals surface area contributed by atoms with Gasteiger partial charge in [0.1, 0.15) is 5.82 Å². The Morgan fingerprint density at radius 1 is 1.53 bits per heavy atom. The summed E-state index contributed by atoms with van der Waals surface area (Å²) in [5, 5.41) is 12.1. The van der Waals surface area contributed by atoms with Crippen LogP contribution in [-0.2, 0) is 11.2 Å².